The Morgan fingerprint density at radius 3 is 3.00 bits per heavy atom. The number of hydrogen-bond donors (Lipinski definition) is 1. The van der Waals surface area contributed by atoms with Crippen LogP contribution >= 0.6 is 0 Å². The van der Waals surface area contributed by atoms with Crippen molar-refractivity contribution in [3.63, 3.8) is 0 Å². The normalized spacial score (nSPS) is 27.4. The highest BCUT2D eigenvalue weighted by Crippen LogP contribution is 2.22. The van der Waals surface area contributed by atoms with E-state index in [4.69, 9.17) is 0 Å². The molecule has 0 spiro atoms. The Morgan fingerprint density at radius 1 is 1.42 bits per heavy atom. The SMILES string of the molecule is O=C1CCC(C(=O)N2CCCC(n3cccn3)C2)N1. The number of carbonyl (C=O) groups excluding carboxylic acids is 2. The smallest absolute Gasteiger partial charge is 0.245 e. The summed E-state index contributed by atoms with van der Waals surface area (Å²) in [6, 6.07) is 1.84. The van der Waals surface area contributed by atoms with Crippen LogP contribution in [0.25, 0.3) is 0 Å². The number of amides is 2. The molecule has 1 aromatic heterocycles. The average Bonchev–Trinajstić information content (AvgIpc) is 3.09. The van der Waals surface area contributed by atoms with Gasteiger partial charge in [0, 0.05) is 31.9 Å². The number of nitrogens with zero attached hydrogens (tertiary/aromatic N) is 3. The fraction of sp³-hybridized carbons (Fsp3) is 0.615. The number of aromatic nitrogens is 2. The number of carbonyl (C=O) groups is 2. The molecule has 0 aliphatic carbocycles. The molecule has 3 rings (SSSR count). The maximum absolute atomic E-state index is 12.3. The number of piperidine rings is 1. The van der Waals surface area contributed by atoms with Gasteiger partial charge in [-0.3, -0.25) is 14.3 Å². The van der Waals surface area contributed by atoms with Gasteiger partial charge in [-0.25, -0.2) is 0 Å². The van der Waals surface area contributed by atoms with Gasteiger partial charge in [-0.2, -0.15) is 5.10 Å². The van der Waals surface area contributed by atoms with Gasteiger partial charge in [0.2, 0.25) is 11.8 Å². The van der Waals surface area contributed by atoms with Crippen LogP contribution in [0.1, 0.15) is 31.7 Å². The molecule has 2 aliphatic heterocycles. The Hall–Kier alpha value is -1.85. The van der Waals surface area contributed by atoms with Crippen LogP contribution in [-0.2, 0) is 9.59 Å². The Labute approximate surface area is 111 Å². The molecule has 2 aliphatic rings. The maximum Gasteiger partial charge on any atom is 0.245 e. The Bertz CT molecular complexity index is 471. The van der Waals surface area contributed by atoms with Crippen molar-refractivity contribution in [3.8, 4) is 0 Å². The zero-order valence-corrected chi connectivity index (χ0v) is 10.8. The minimum atomic E-state index is -0.316. The first-order chi connectivity index (χ1) is 9.24. The minimum Gasteiger partial charge on any atom is -0.344 e. The third kappa shape index (κ3) is 2.47. The summed E-state index contributed by atoms with van der Waals surface area (Å²) in [7, 11) is 0. The molecular weight excluding hydrogens is 244 g/mol. The Balaban J connectivity index is 1.65. The molecule has 6 heteroatoms. The zero-order chi connectivity index (χ0) is 13.2. The molecule has 102 valence electrons. The second-order valence-electron chi connectivity index (χ2n) is 5.23. The average molecular weight is 262 g/mol. The summed E-state index contributed by atoms with van der Waals surface area (Å²) in [6.07, 6.45) is 6.82. The van der Waals surface area contributed by atoms with Crippen molar-refractivity contribution in [2.75, 3.05) is 13.1 Å². The molecular formula is C13H18N4O2. The van der Waals surface area contributed by atoms with Crippen molar-refractivity contribution in [3.05, 3.63) is 18.5 Å². The fourth-order valence-corrected chi connectivity index (χ4v) is 2.89. The monoisotopic (exact) mass is 262 g/mol. The first-order valence-electron chi connectivity index (χ1n) is 6.81. The Morgan fingerprint density at radius 2 is 2.32 bits per heavy atom. The second-order valence-corrected chi connectivity index (χ2v) is 5.23. The van der Waals surface area contributed by atoms with Gasteiger partial charge in [-0.05, 0) is 25.3 Å². The largest absolute Gasteiger partial charge is 0.344 e. The van der Waals surface area contributed by atoms with E-state index < -0.39 is 0 Å². The van der Waals surface area contributed by atoms with Crippen molar-refractivity contribution in [2.45, 2.75) is 37.8 Å². The van der Waals surface area contributed by atoms with Gasteiger partial charge in [0.25, 0.3) is 0 Å². The van der Waals surface area contributed by atoms with Crippen LogP contribution in [0.2, 0.25) is 0 Å². The molecule has 0 radical (unpaired) electrons. The lowest BCUT2D eigenvalue weighted by molar-refractivity contribution is -0.136. The first kappa shape index (κ1) is 12.2. The zero-order valence-electron chi connectivity index (χ0n) is 10.8. The molecule has 2 amide bonds. The highest BCUT2D eigenvalue weighted by molar-refractivity contribution is 5.90. The Kier molecular flexibility index (Phi) is 3.23. The molecule has 6 nitrogen and oxygen atoms in total. The van der Waals surface area contributed by atoms with E-state index in [1.807, 2.05) is 21.8 Å². The summed E-state index contributed by atoms with van der Waals surface area (Å²) in [4.78, 5) is 25.4. The maximum atomic E-state index is 12.3. The predicted molar refractivity (Wildman–Crippen MR) is 68.2 cm³/mol. The fourth-order valence-electron chi connectivity index (χ4n) is 2.89. The highest BCUT2D eigenvalue weighted by atomic mass is 16.2. The molecule has 0 bridgehead atoms. The molecule has 0 aromatic carbocycles. The molecule has 19 heavy (non-hydrogen) atoms. The summed E-state index contributed by atoms with van der Waals surface area (Å²) >= 11 is 0. The van der Waals surface area contributed by atoms with Gasteiger partial charge in [-0.1, -0.05) is 0 Å². The van der Waals surface area contributed by atoms with Crippen molar-refractivity contribution >= 4 is 11.8 Å². The predicted octanol–water partition coefficient (Wildman–Crippen LogP) is 0.325. The summed E-state index contributed by atoms with van der Waals surface area (Å²) < 4.78 is 1.92. The van der Waals surface area contributed by atoms with Crippen LogP contribution in [0.4, 0.5) is 0 Å². The molecule has 1 aromatic rings. The number of hydrogen-bond acceptors (Lipinski definition) is 3. The lowest BCUT2D eigenvalue weighted by Crippen LogP contribution is -2.48. The van der Waals surface area contributed by atoms with Crippen LogP contribution in [0, 0.1) is 0 Å². The number of rotatable bonds is 2. The third-order valence-corrected chi connectivity index (χ3v) is 3.90. The molecule has 2 fully saturated rings. The van der Waals surface area contributed by atoms with Crippen LogP contribution in [-0.4, -0.2) is 45.6 Å². The highest BCUT2D eigenvalue weighted by Gasteiger charge is 2.33. The van der Waals surface area contributed by atoms with E-state index in [2.05, 4.69) is 10.4 Å². The molecule has 3 heterocycles. The lowest BCUT2D eigenvalue weighted by Gasteiger charge is -2.34. The minimum absolute atomic E-state index is 0.0148. The van der Waals surface area contributed by atoms with Crippen molar-refractivity contribution in [2.24, 2.45) is 0 Å². The summed E-state index contributed by atoms with van der Waals surface area (Å²) in [6.45, 7) is 1.47. The third-order valence-electron chi connectivity index (χ3n) is 3.90. The summed E-state index contributed by atoms with van der Waals surface area (Å²) in [5, 5.41) is 7.00. The molecule has 1 N–H and O–H groups in total. The molecule has 2 saturated heterocycles. The van der Waals surface area contributed by atoms with Crippen molar-refractivity contribution in [1.29, 1.82) is 0 Å². The van der Waals surface area contributed by atoms with Crippen molar-refractivity contribution in [1.82, 2.24) is 20.0 Å². The van der Waals surface area contributed by atoms with Gasteiger partial charge >= 0.3 is 0 Å². The van der Waals surface area contributed by atoms with E-state index in [9.17, 15) is 9.59 Å². The van der Waals surface area contributed by atoms with Gasteiger partial charge in [0.05, 0.1) is 6.04 Å². The summed E-state index contributed by atoms with van der Waals surface area (Å²) in [5.41, 5.74) is 0. The van der Waals surface area contributed by atoms with E-state index in [1.165, 1.54) is 0 Å². The van der Waals surface area contributed by atoms with Gasteiger partial charge in [0.15, 0.2) is 0 Å². The molecule has 2 atom stereocenters. The van der Waals surface area contributed by atoms with Crippen LogP contribution < -0.4 is 5.32 Å². The standard InChI is InChI=1S/C13H18N4O2/c18-12-5-4-11(15-12)13(19)16-7-1-3-10(9-16)17-8-2-6-14-17/h2,6,8,10-11H,1,3-5,7,9H2,(H,15,18). The topological polar surface area (TPSA) is 67.2 Å². The van der Waals surface area contributed by atoms with E-state index in [0.717, 1.165) is 19.4 Å². The summed E-state index contributed by atoms with van der Waals surface area (Å²) in [5.74, 6) is 0.0432. The second kappa shape index (κ2) is 5.03. The van der Waals surface area contributed by atoms with E-state index >= 15 is 0 Å². The van der Waals surface area contributed by atoms with E-state index in [1.54, 1.807) is 6.20 Å². The van der Waals surface area contributed by atoms with Crippen LogP contribution in [0.15, 0.2) is 18.5 Å². The van der Waals surface area contributed by atoms with E-state index in [0.29, 0.717) is 19.4 Å². The van der Waals surface area contributed by atoms with E-state index in [-0.39, 0.29) is 23.9 Å². The van der Waals surface area contributed by atoms with Crippen LogP contribution in [0.5, 0.6) is 0 Å². The number of nitrogens with one attached hydrogen (secondary N) is 1. The molecule has 0 saturated carbocycles. The number of likely N-dealkylation sites (tertiary alicyclic amines) is 1. The lowest BCUT2D eigenvalue weighted by atomic mass is 10.0. The molecule has 2 unspecified atom stereocenters. The van der Waals surface area contributed by atoms with Crippen molar-refractivity contribution < 1.29 is 9.59 Å². The van der Waals surface area contributed by atoms with Crippen LogP contribution in [0.3, 0.4) is 0 Å². The van der Waals surface area contributed by atoms with Gasteiger partial charge < -0.3 is 10.2 Å². The first-order valence-corrected chi connectivity index (χ1v) is 6.81. The quantitative estimate of drug-likeness (QED) is 0.835. The van der Waals surface area contributed by atoms with Gasteiger partial charge in [-0.15, -0.1) is 0 Å². The van der Waals surface area contributed by atoms with Gasteiger partial charge in [0.1, 0.15) is 6.04 Å².